The maximum atomic E-state index is 8.73. The van der Waals surface area contributed by atoms with E-state index in [1.54, 1.807) is 0 Å². The molecule has 0 atom stereocenters. The van der Waals surface area contributed by atoms with Gasteiger partial charge in [0.1, 0.15) is 11.6 Å². The largest absolute Gasteiger partial charge is 0.477 e. The monoisotopic (exact) mass is 253 g/mol. The van der Waals surface area contributed by atoms with Gasteiger partial charge in [-0.1, -0.05) is 13.8 Å². The fraction of sp³-hybridized carbons (Fsp3) is 0.692. The van der Waals surface area contributed by atoms with Crippen molar-refractivity contribution in [3.63, 3.8) is 0 Å². The van der Waals surface area contributed by atoms with Crippen molar-refractivity contribution in [1.82, 2.24) is 9.97 Å². The van der Waals surface area contributed by atoms with Crippen molar-refractivity contribution >= 4 is 5.82 Å². The number of hydrogen-bond acceptors (Lipinski definition) is 5. The predicted octanol–water partition coefficient (Wildman–Crippen LogP) is 2.01. The number of nitrogens with zero attached hydrogens (tertiary/aromatic N) is 2. The standard InChI is InChI=1S/C13H23N3O2/c1-3-6-11-15-12(14-7-4-2)10-13(16-11)18-9-5-8-17/h10,17H,3-9H2,1-2H3,(H,14,15,16). The summed E-state index contributed by atoms with van der Waals surface area (Å²) in [7, 11) is 0. The summed E-state index contributed by atoms with van der Waals surface area (Å²) in [5.41, 5.74) is 0. The molecule has 5 nitrogen and oxygen atoms in total. The third-order valence-corrected chi connectivity index (χ3v) is 2.33. The Morgan fingerprint density at radius 3 is 2.78 bits per heavy atom. The van der Waals surface area contributed by atoms with Crippen LogP contribution in [-0.2, 0) is 6.42 Å². The van der Waals surface area contributed by atoms with Crippen molar-refractivity contribution in [3.8, 4) is 5.88 Å². The van der Waals surface area contributed by atoms with Gasteiger partial charge >= 0.3 is 0 Å². The van der Waals surface area contributed by atoms with Crippen LogP contribution in [0.15, 0.2) is 6.07 Å². The number of ether oxygens (including phenoxy) is 1. The molecule has 1 aromatic rings. The molecule has 0 saturated heterocycles. The first-order valence-electron chi connectivity index (χ1n) is 6.65. The molecule has 102 valence electrons. The lowest BCUT2D eigenvalue weighted by Crippen LogP contribution is -2.08. The second-order valence-electron chi connectivity index (χ2n) is 4.11. The number of aromatic nitrogens is 2. The molecule has 0 saturated carbocycles. The Morgan fingerprint density at radius 2 is 2.11 bits per heavy atom. The number of aryl methyl sites for hydroxylation is 1. The quantitative estimate of drug-likeness (QED) is 0.659. The minimum absolute atomic E-state index is 0.133. The maximum absolute atomic E-state index is 8.73. The minimum atomic E-state index is 0.133. The first kappa shape index (κ1) is 14.7. The topological polar surface area (TPSA) is 67.3 Å². The summed E-state index contributed by atoms with van der Waals surface area (Å²) in [4.78, 5) is 8.79. The number of aliphatic hydroxyl groups excluding tert-OH is 1. The number of rotatable bonds is 9. The van der Waals surface area contributed by atoms with Crippen LogP contribution in [0.3, 0.4) is 0 Å². The number of nitrogens with one attached hydrogen (secondary N) is 1. The van der Waals surface area contributed by atoms with Gasteiger partial charge in [0, 0.05) is 32.1 Å². The molecule has 0 aliphatic heterocycles. The van der Waals surface area contributed by atoms with Crippen LogP contribution in [0.2, 0.25) is 0 Å². The molecule has 2 N–H and O–H groups in total. The van der Waals surface area contributed by atoms with Crippen LogP contribution >= 0.6 is 0 Å². The molecule has 0 aliphatic rings. The van der Waals surface area contributed by atoms with E-state index in [1.807, 2.05) is 6.07 Å². The van der Waals surface area contributed by atoms with Gasteiger partial charge in [0.15, 0.2) is 0 Å². The fourth-order valence-electron chi connectivity index (χ4n) is 1.47. The first-order valence-corrected chi connectivity index (χ1v) is 6.65. The Kier molecular flexibility index (Phi) is 7.10. The van der Waals surface area contributed by atoms with Gasteiger partial charge in [0.05, 0.1) is 6.61 Å². The van der Waals surface area contributed by atoms with Gasteiger partial charge in [-0.05, 0) is 12.8 Å². The van der Waals surface area contributed by atoms with E-state index in [4.69, 9.17) is 9.84 Å². The van der Waals surface area contributed by atoms with Crippen molar-refractivity contribution in [3.05, 3.63) is 11.9 Å². The van der Waals surface area contributed by atoms with E-state index in [0.29, 0.717) is 18.9 Å². The Labute approximate surface area is 109 Å². The van der Waals surface area contributed by atoms with E-state index in [-0.39, 0.29) is 6.61 Å². The Balaban J connectivity index is 2.70. The van der Waals surface area contributed by atoms with Crippen LogP contribution in [0.1, 0.15) is 38.9 Å². The molecule has 0 radical (unpaired) electrons. The van der Waals surface area contributed by atoms with Crippen LogP contribution in [0.4, 0.5) is 5.82 Å². The third-order valence-electron chi connectivity index (χ3n) is 2.33. The second kappa shape index (κ2) is 8.69. The zero-order valence-corrected chi connectivity index (χ0v) is 11.3. The highest BCUT2D eigenvalue weighted by Gasteiger charge is 2.05. The molecular weight excluding hydrogens is 230 g/mol. The van der Waals surface area contributed by atoms with Gasteiger partial charge in [0.2, 0.25) is 5.88 Å². The summed E-state index contributed by atoms with van der Waals surface area (Å²) in [6.45, 7) is 5.71. The van der Waals surface area contributed by atoms with Gasteiger partial charge in [-0.3, -0.25) is 0 Å². The molecule has 18 heavy (non-hydrogen) atoms. The summed E-state index contributed by atoms with van der Waals surface area (Å²) in [6, 6.07) is 1.81. The lowest BCUT2D eigenvalue weighted by molar-refractivity contribution is 0.229. The Bertz CT molecular complexity index is 345. The molecule has 0 amide bonds. The molecule has 0 spiro atoms. The van der Waals surface area contributed by atoms with E-state index >= 15 is 0 Å². The van der Waals surface area contributed by atoms with Crippen LogP contribution < -0.4 is 10.1 Å². The predicted molar refractivity (Wildman–Crippen MR) is 72.0 cm³/mol. The summed E-state index contributed by atoms with van der Waals surface area (Å²) in [6.07, 6.45) is 3.52. The van der Waals surface area contributed by atoms with Gasteiger partial charge in [-0.2, -0.15) is 4.98 Å². The third kappa shape index (κ3) is 5.31. The zero-order chi connectivity index (χ0) is 13.2. The van der Waals surface area contributed by atoms with E-state index in [1.165, 1.54) is 0 Å². The van der Waals surface area contributed by atoms with Crippen LogP contribution in [-0.4, -0.2) is 34.8 Å². The number of anilines is 1. The summed E-state index contributed by atoms with van der Waals surface area (Å²) in [5.74, 6) is 2.20. The van der Waals surface area contributed by atoms with Crippen molar-refractivity contribution < 1.29 is 9.84 Å². The normalized spacial score (nSPS) is 10.4. The molecular formula is C13H23N3O2. The maximum Gasteiger partial charge on any atom is 0.218 e. The zero-order valence-electron chi connectivity index (χ0n) is 11.3. The summed E-state index contributed by atoms with van der Waals surface area (Å²) < 4.78 is 5.50. The highest BCUT2D eigenvalue weighted by molar-refractivity contribution is 5.38. The van der Waals surface area contributed by atoms with Gasteiger partial charge in [-0.25, -0.2) is 4.98 Å². The average molecular weight is 253 g/mol. The molecule has 1 aromatic heterocycles. The number of hydrogen-bond donors (Lipinski definition) is 2. The first-order chi connectivity index (χ1) is 8.80. The van der Waals surface area contributed by atoms with Gasteiger partial charge < -0.3 is 15.2 Å². The van der Waals surface area contributed by atoms with Crippen molar-refractivity contribution in [2.45, 2.75) is 39.5 Å². The Morgan fingerprint density at radius 1 is 1.28 bits per heavy atom. The van der Waals surface area contributed by atoms with E-state index in [0.717, 1.165) is 37.4 Å². The van der Waals surface area contributed by atoms with Crippen molar-refractivity contribution in [1.29, 1.82) is 0 Å². The van der Waals surface area contributed by atoms with Gasteiger partial charge in [0.25, 0.3) is 0 Å². The van der Waals surface area contributed by atoms with Crippen LogP contribution in [0.25, 0.3) is 0 Å². The lowest BCUT2D eigenvalue weighted by atomic mass is 10.3. The highest BCUT2D eigenvalue weighted by Crippen LogP contribution is 2.14. The van der Waals surface area contributed by atoms with E-state index in [2.05, 4.69) is 29.1 Å². The van der Waals surface area contributed by atoms with Gasteiger partial charge in [-0.15, -0.1) is 0 Å². The molecule has 1 heterocycles. The van der Waals surface area contributed by atoms with Crippen molar-refractivity contribution in [2.75, 3.05) is 25.1 Å². The molecule has 0 bridgehead atoms. The SMILES string of the molecule is CCCNc1cc(OCCCO)nc(CCC)n1. The highest BCUT2D eigenvalue weighted by atomic mass is 16.5. The van der Waals surface area contributed by atoms with Crippen LogP contribution in [0.5, 0.6) is 5.88 Å². The summed E-state index contributed by atoms with van der Waals surface area (Å²) >= 11 is 0. The molecule has 0 aliphatic carbocycles. The van der Waals surface area contributed by atoms with E-state index in [9.17, 15) is 0 Å². The fourth-order valence-corrected chi connectivity index (χ4v) is 1.47. The smallest absolute Gasteiger partial charge is 0.218 e. The molecule has 0 fully saturated rings. The molecule has 0 unspecified atom stereocenters. The van der Waals surface area contributed by atoms with Crippen LogP contribution in [0, 0.1) is 0 Å². The minimum Gasteiger partial charge on any atom is -0.477 e. The second-order valence-corrected chi connectivity index (χ2v) is 4.11. The molecule has 1 rings (SSSR count). The molecule has 0 aromatic carbocycles. The molecule has 5 heteroatoms. The van der Waals surface area contributed by atoms with Crippen molar-refractivity contribution in [2.24, 2.45) is 0 Å². The summed E-state index contributed by atoms with van der Waals surface area (Å²) in [5, 5.41) is 12.0. The number of aliphatic hydroxyl groups is 1. The Hall–Kier alpha value is -1.36. The van der Waals surface area contributed by atoms with E-state index < -0.39 is 0 Å². The average Bonchev–Trinajstić information content (AvgIpc) is 2.37. The lowest BCUT2D eigenvalue weighted by Gasteiger charge is -2.10.